The van der Waals surface area contributed by atoms with Gasteiger partial charge in [0.2, 0.25) is 5.91 Å². The smallest absolute Gasteiger partial charge is 0.222 e. The summed E-state index contributed by atoms with van der Waals surface area (Å²) in [5.41, 5.74) is 2.88. The fraction of sp³-hybridized carbons (Fsp3) is 0.348. The Bertz CT molecular complexity index is 956. The van der Waals surface area contributed by atoms with Crippen molar-refractivity contribution in [3.8, 4) is 22.8 Å². The lowest BCUT2D eigenvalue weighted by Crippen LogP contribution is -2.30. The second-order valence-corrected chi connectivity index (χ2v) is 6.62. The normalized spacial score (nSPS) is 10.9. The molecule has 0 fully saturated rings. The molecule has 0 aliphatic rings. The van der Waals surface area contributed by atoms with Gasteiger partial charge in [-0.2, -0.15) is 0 Å². The van der Waals surface area contributed by atoms with Crippen molar-refractivity contribution in [2.45, 2.75) is 26.7 Å². The topological polar surface area (TPSA) is 51.9 Å². The van der Waals surface area contributed by atoms with E-state index in [0.717, 1.165) is 47.4 Å². The minimum atomic E-state index is 0.198. The van der Waals surface area contributed by atoms with Crippen LogP contribution < -0.4 is 9.47 Å². The van der Waals surface area contributed by atoms with E-state index in [0.29, 0.717) is 17.9 Å². The molecule has 148 valence electrons. The molecule has 0 atom stereocenters. The first-order valence-corrected chi connectivity index (χ1v) is 9.62. The highest BCUT2D eigenvalue weighted by Gasteiger charge is 2.12. The summed E-state index contributed by atoms with van der Waals surface area (Å²) in [7, 11) is 3.23. The van der Waals surface area contributed by atoms with Crippen molar-refractivity contribution in [2.75, 3.05) is 27.3 Å². The summed E-state index contributed by atoms with van der Waals surface area (Å²) in [5.74, 6) is 2.31. The van der Waals surface area contributed by atoms with Gasteiger partial charge < -0.3 is 18.8 Å². The molecule has 28 heavy (non-hydrogen) atoms. The van der Waals surface area contributed by atoms with Crippen LogP contribution in [0.5, 0.6) is 11.5 Å². The van der Waals surface area contributed by atoms with Gasteiger partial charge in [-0.25, -0.2) is 0 Å². The number of ether oxygens (including phenoxy) is 2. The third kappa shape index (κ3) is 4.14. The molecule has 0 saturated carbocycles. The maximum atomic E-state index is 12.2. The van der Waals surface area contributed by atoms with Gasteiger partial charge in [0, 0.05) is 30.5 Å². The lowest BCUT2D eigenvalue weighted by Gasteiger charge is -2.18. The number of hydrogen-bond donors (Lipinski definition) is 0. The lowest BCUT2D eigenvalue weighted by molar-refractivity contribution is -0.130. The Kier molecular flexibility index (Phi) is 6.24. The van der Waals surface area contributed by atoms with Gasteiger partial charge in [0.25, 0.3) is 0 Å². The van der Waals surface area contributed by atoms with Crippen LogP contribution >= 0.6 is 0 Å². The van der Waals surface area contributed by atoms with Gasteiger partial charge in [-0.3, -0.25) is 4.79 Å². The van der Waals surface area contributed by atoms with Gasteiger partial charge in [0.05, 0.1) is 14.2 Å². The predicted octanol–water partition coefficient (Wildman–Crippen LogP) is 4.92. The van der Waals surface area contributed by atoms with Crippen LogP contribution in [0, 0.1) is 0 Å². The molecule has 0 radical (unpaired) electrons. The van der Waals surface area contributed by atoms with Crippen molar-refractivity contribution < 1.29 is 18.7 Å². The molecular formula is C23H27NO4. The number of hydrogen-bond acceptors (Lipinski definition) is 4. The number of methoxy groups -OCH3 is 2. The molecule has 1 heterocycles. The Morgan fingerprint density at radius 3 is 2.39 bits per heavy atom. The molecule has 0 aliphatic heterocycles. The van der Waals surface area contributed by atoms with Gasteiger partial charge in [-0.1, -0.05) is 6.07 Å². The summed E-state index contributed by atoms with van der Waals surface area (Å²) in [6.07, 6.45) is 1.25. The molecule has 1 amide bonds. The zero-order valence-electron chi connectivity index (χ0n) is 17.0. The number of furan rings is 1. The molecule has 0 saturated heterocycles. The van der Waals surface area contributed by atoms with Gasteiger partial charge >= 0.3 is 0 Å². The Balaban J connectivity index is 1.80. The number of carbonyl (C=O) groups is 1. The van der Waals surface area contributed by atoms with Crippen LogP contribution in [0.25, 0.3) is 22.3 Å². The predicted molar refractivity (Wildman–Crippen MR) is 111 cm³/mol. The molecule has 0 unspecified atom stereocenters. The minimum absolute atomic E-state index is 0.198. The van der Waals surface area contributed by atoms with Crippen LogP contribution in [0.1, 0.15) is 25.8 Å². The molecule has 2 aromatic carbocycles. The molecular weight excluding hydrogens is 354 g/mol. The number of nitrogens with zero attached hydrogens (tertiary/aromatic N) is 1. The van der Waals surface area contributed by atoms with Crippen molar-refractivity contribution >= 4 is 16.9 Å². The van der Waals surface area contributed by atoms with E-state index in [9.17, 15) is 4.79 Å². The van der Waals surface area contributed by atoms with Crippen molar-refractivity contribution in [1.82, 2.24) is 4.90 Å². The standard InChI is InChI=1S/C23H27NO4/c1-5-24(6-2)23(25)12-8-16-7-10-19-18(13-16)15-21(28-19)17-9-11-20(26-3)22(14-17)27-4/h7,9-11,13-15H,5-6,8,12H2,1-4H3. The Morgan fingerprint density at radius 2 is 1.71 bits per heavy atom. The quantitative estimate of drug-likeness (QED) is 0.556. The van der Waals surface area contributed by atoms with E-state index in [-0.39, 0.29) is 5.91 Å². The molecule has 0 N–H and O–H groups in total. The van der Waals surface area contributed by atoms with Crippen LogP contribution in [0.2, 0.25) is 0 Å². The Hall–Kier alpha value is -2.95. The zero-order valence-corrected chi connectivity index (χ0v) is 17.0. The molecule has 5 nitrogen and oxygen atoms in total. The molecule has 1 aromatic heterocycles. The average molecular weight is 381 g/mol. The van der Waals surface area contributed by atoms with Gasteiger partial charge in [0.15, 0.2) is 11.5 Å². The minimum Gasteiger partial charge on any atom is -0.493 e. The fourth-order valence-corrected chi connectivity index (χ4v) is 3.37. The number of fused-ring (bicyclic) bond motifs is 1. The number of rotatable bonds is 8. The lowest BCUT2D eigenvalue weighted by atomic mass is 10.1. The third-order valence-corrected chi connectivity index (χ3v) is 4.99. The van der Waals surface area contributed by atoms with E-state index < -0.39 is 0 Å². The molecule has 3 rings (SSSR count). The second kappa shape index (κ2) is 8.83. The Morgan fingerprint density at radius 1 is 0.964 bits per heavy atom. The second-order valence-electron chi connectivity index (χ2n) is 6.62. The number of carbonyl (C=O) groups excluding carboxylic acids is 1. The molecule has 0 aliphatic carbocycles. The van der Waals surface area contributed by atoms with Crippen molar-refractivity contribution in [3.05, 3.63) is 48.0 Å². The SMILES string of the molecule is CCN(CC)C(=O)CCc1ccc2oc(-c3ccc(OC)c(OC)c3)cc2c1. The molecule has 3 aromatic rings. The number of aryl methyl sites for hydroxylation is 1. The van der Waals surface area contributed by atoms with Crippen molar-refractivity contribution in [2.24, 2.45) is 0 Å². The highest BCUT2D eigenvalue weighted by Crippen LogP contribution is 2.35. The third-order valence-electron chi connectivity index (χ3n) is 4.99. The van der Waals surface area contributed by atoms with E-state index in [1.54, 1.807) is 14.2 Å². The maximum Gasteiger partial charge on any atom is 0.222 e. The van der Waals surface area contributed by atoms with Crippen LogP contribution in [-0.2, 0) is 11.2 Å². The monoisotopic (exact) mass is 381 g/mol. The van der Waals surface area contributed by atoms with Crippen LogP contribution in [0.4, 0.5) is 0 Å². The van der Waals surface area contributed by atoms with E-state index in [4.69, 9.17) is 13.9 Å². The van der Waals surface area contributed by atoms with Gasteiger partial charge in [-0.15, -0.1) is 0 Å². The largest absolute Gasteiger partial charge is 0.493 e. The summed E-state index contributed by atoms with van der Waals surface area (Å²) < 4.78 is 16.7. The first-order chi connectivity index (χ1) is 13.6. The first-order valence-electron chi connectivity index (χ1n) is 9.62. The van der Waals surface area contributed by atoms with Crippen molar-refractivity contribution in [1.29, 1.82) is 0 Å². The summed E-state index contributed by atoms with van der Waals surface area (Å²) in [5, 5.41) is 1.03. The van der Waals surface area contributed by atoms with Gasteiger partial charge in [-0.05, 0) is 62.2 Å². The number of amides is 1. The molecule has 0 spiro atoms. The fourth-order valence-electron chi connectivity index (χ4n) is 3.37. The summed E-state index contributed by atoms with van der Waals surface area (Å²) in [6, 6.07) is 13.8. The summed E-state index contributed by atoms with van der Waals surface area (Å²) in [4.78, 5) is 14.1. The maximum absolute atomic E-state index is 12.2. The zero-order chi connectivity index (χ0) is 20.1. The van der Waals surface area contributed by atoms with Crippen LogP contribution in [-0.4, -0.2) is 38.1 Å². The van der Waals surface area contributed by atoms with Crippen LogP contribution in [0.3, 0.4) is 0 Å². The highest BCUT2D eigenvalue weighted by molar-refractivity contribution is 5.84. The van der Waals surface area contributed by atoms with E-state index in [1.165, 1.54) is 0 Å². The van der Waals surface area contributed by atoms with E-state index in [2.05, 4.69) is 6.07 Å². The van der Waals surface area contributed by atoms with Crippen molar-refractivity contribution in [3.63, 3.8) is 0 Å². The average Bonchev–Trinajstić information content (AvgIpc) is 3.16. The number of benzene rings is 2. The first kappa shape index (κ1) is 19.8. The van der Waals surface area contributed by atoms with Gasteiger partial charge in [0.1, 0.15) is 11.3 Å². The van der Waals surface area contributed by atoms with Crippen LogP contribution in [0.15, 0.2) is 46.9 Å². The van der Waals surface area contributed by atoms with E-state index >= 15 is 0 Å². The molecule has 0 bridgehead atoms. The summed E-state index contributed by atoms with van der Waals surface area (Å²) in [6.45, 7) is 5.53. The van der Waals surface area contributed by atoms with E-state index in [1.807, 2.05) is 55.1 Å². The summed E-state index contributed by atoms with van der Waals surface area (Å²) >= 11 is 0. The Labute approximate surface area is 165 Å². The molecule has 5 heteroatoms. The highest BCUT2D eigenvalue weighted by atomic mass is 16.5.